The van der Waals surface area contributed by atoms with E-state index in [1.807, 2.05) is 18.5 Å². The van der Waals surface area contributed by atoms with Gasteiger partial charge in [0, 0.05) is 24.2 Å². The van der Waals surface area contributed by atoms with Crippen LogP contribution in [0.1, 0.15) is 64.3 Å². The molecule has 3 heteroatoms. The lowest BCUT2D eigenvalue weighted by Gasteiger charge is -2.31. The van der Waals surface area contributed by atoms with E-state index in [1.165, 1.54) is 11.1 Å². The molecule has 0 aliphatic carbocycles. The summed E-state index contributed by atoms with van der Waals surface area (Å²) in [6, 6.07) is 8.44. The third-order valence-corrected chi connectivity index (χ3v) is 5.07. The third kappa shape index (κ3) is 4.34. The molecule has 0 fully saturated rings. The molecule has 2 heterocycles. The number of ether oxygens (including phenoxy) is 1. The molecule has 0 bridgehead atoms. The van der Waals surface area contributed by atoms with Crippen LogP contribution in [-0.2, 0) is 17.3 Å². The Hall–Kier alpha value is -1.90. The molecule has 24 heavy (non-hydrogen) atoms. The van der Waals surface area contributed by atoms with Crippen molar-refractivity contribution in [3.8, 4) is 5.88 Å². The van der Waals surface area contributed by atoms with Crippen LogP contribution in [-0.4, -0.2) is 17.1 Å². The topological polar surface area (TPSA) is 35.0 Å². The van der Waals surface area contributed by atoms with E-state index in [-0.39, 0.29) is 10.8 Å². The number of methoxy groups -OCH3 is 1. The van der Waals surface area contributed by atoms with Crippen molar-refractivity contribution in [2.75, 3.05) is 7.11 Å². The molecule has 0 unspecified atom stereocenters. The minimum atomic E-state index is 0.0767. The second-order valence-electron chi connectivity index (χ2n) is 7.75. The molecule has 130 valence electrons. The molecule has 0 aromatic carbocycles. The quantitative estimate of drug-likeness (QED) is 0.711. The highest BCUT2D eigenvalue weighted by atomic mass is 16.5. The van der Waals surface area contributed by atoms with E-state index in [4.69, 9.17) is 4.74 Å². The highest BCUT2D eigenvalue weighted by Crippen LogP contribution is 2.35. The maximum atomic E-state index is 5.15. The lowest BCUT2D eigenvalue weighted by Crippen LogP contribution is -2.24. The van der Waals surface area contributed by atoms with Crippen molar-refractivity contribution in [1.82, 2.24) is 9.97 Å². The van der Waals surface area contributed by atoms with E-state index in [0.29, 0.717) is 5.88 Å². The van der Waals surface area contributed by atoms with Crippen LogP contribution in [0.25, 0.3) is 0 Å². The first-order valence-corrected chi connectivity index (χ1v) is 8.74. The summed E-state index contributed by atoms with van der Waals surface area (Å²) in [6.45, 7) is 11.3. The van der Waals surface area contributed by atoms with E-state index >= 15 is 0 Å². The molecule has 0 spiro atoms. The summed E-state index contributed by atoms with van der Waals surface area (Å²) < 4.78 is 5.15. The fourth-order valence-electron chi connectivity index (χ4n) is 2.85. The average Bonchev–Trinajstić information content (AvgIpc) is 2.60. The molecule has 0 saturated heterocycles. The van der Waals surface area contributed by atoms with Gasteiger partial charge in [-0.2, -0.15) is 0 Å². The third-order valence-electron chi connectivity index (χ3n) is 5.07. The molecule has 0 N–H and O–H groups in total. The molecule has 0 saturated carbocycles. The molecule has 0 aliphatic rings. The van der Waals surface area contributed by atoms with E-state index in [9.17, 15) is 0 Å². The Morgan fingerprint density at radius 3 is 1.75 bits per heavy atom. The van der Waals surface area contributed by atoms with Crippen molar-refractivity contribution in [1.29, 1.82) is 0 Å². The standard InChI is InChI=1S/C21H30N2O/c1-7-18-10-8-16(14-22-18)20(2,3)12-13-21(4,5)17-9-11-19(24-6)23-15-17/h8-11,14-15H,7,12-13H2,1-6H3. The van der Waals surface area contributed by atoms with Crippen molar-refractivity contribution in [3.63, 3.8) is 0 Å². The summed E-state index contributed by atoms with van der Waals surface area (Å²) in [5, 5.41) is 0. The van der Waals surface area contributed by atoms with Gasteiger partial charge in [-0.3, -0.25) is 4.98 Å². The fraction of sp³-hybridized carbons (Fsp3) is 0.524. The molecule has 0 radical (unpaired) electrons. The van der Waals surface area contributed by atoms with E-state index in [0.717, 1.165) is 25.0 Å². The van der Waals surface area contributed by atoms with Crippen molar-refractivity contribution in [3.05, 3.63) is 53.5 Å². The summed E-state index contributed by atoms with van der Waals surface area (Å²) >= 11 is 0. The van der Waals surface area contributed by atoms with Crippen molar-refractivity contribution < 1.29 is 4.74 Å². The Balaban J connectivity index is 2.08. The minimum absolute atomic E-state index is 0.0767. The second-order valence-corrected chi connectivity index (χ2v) is 7.75. The molecule has 2 aromatic rings. The first-order valence-electron chi connectivity index (χ1n) is 8.74. The Kier molecular flexibility index (Phi) is 5.63. The lowest BCUT2D eigenvalue weighted by atomic mass is 9.73. The zero-order chi connectivity index (χ0) is 17.8. The highest BCUT2D eigenvalue weighted by molar-refractivity contribution is 5.26. The Morgan fingerprint density at radius 1 is 0.833 bits per heavy atom. The van der Waals surface area contributed by atoms with Crippen LogP contribution in [0, 0.1) is 0 Å². The number of hydrogen-bond acceptors (Lipinski definition) is 3. The van der Waals surface area contributed by atoms with Gasteiger partial charge in [-0.05, 0) is 47.3 Å². The van der Waals surface area contributed by atoms with E-state index in [2.05, 4.69) is 62.8 Å². The molecular formula is C21H30N2O. The summed E-state index contributed by atoms with van der Waals surface area (Å²) in [7, 11) is 1.65. The molecule has 0 amide bonds. The van der Waals surface area contributed by atoms with Crippen molar-refractivity contribution >= 4 is 0 Å². The average molecular weight is 326 g/mol. The predicted molar refractivity (Wildman–Crippen MR) is 99.7 cm³/mol. The van der Waals surface area contributed by atoms with Crippen LogP contribution in [0.4, 0.5) is 0 Å². The smallest absolute Gasteiger partial charge is 0.212 e. The Labute approximate surface area is 146 Å². The predicted octanol–water partition coefficient (Wildman–Crippen LogP) is 5.08. The number of aromatic nitrogens is 2. The maximum absolute atomic E-state index is 5.15. The number of rotatable bonds is 7. The largest absolute Gasteiger partial charge is 0.481 e. The molecule has 2 rings (SSSR count). The van der Waals surface area contributed by atoms with Gasteiger partial charge in [0.2, 0.25) is 5.88 Å². The van der Waals surface area contributed by atoms with Gasteiger partial charge >= 0.3 is 0 Å². The molecule has 0 atom stereocenters. The van der Waals surface area contributed by atoms with Crippen LogP contribution in [0.15, 0.2) is 36.7 Å². The van der Waals surface area contributed by atoms with Gasteiger partial charge in [-0.15, -0.1) is 0 Å². The van der Waals surface area contributed by atoms with Gasteiger partial charge in [-0.25, -0.2) is 4.98 Å². The Morgan fingerprint density at radius 2 is 1.38 bits per heavy atom. The fourth-order valence-corrected chi connectivity index (χ4v) is 2.85. The number of aryl methyl sites for hydroxylation is 1. The lowest BCUT2D eigenvalue weighted by molar-refractivity contribution is 0.370. The highest BCUT2D eigenvalue weighted by Gasteiger charge is 2.27. The minimum Gasteiger partial charge on any atom is -0.481 e. The number of nitrogens with zero attached hydrogens (tertiary/aromatic N) is 2. The summed E-state index contributed by atoms with van der Waals surface area (Å²) in [6.07, 6.45) is 7.14. The first-order chi connectivity index (χ1) is 11.3. The van der Waals surface area contributed by atoms with Crippen LogP contribution >= 0.6 is 0 Å². The SMILES string of the molecule is CCc1ccc(C(C)(C)CCC(C)(C)c2ccc(OC)nc2)cn1. The van der Waals surface area contributed by atoms with Crippen molar-refractivity contribution in [2.45, 2.75) is 64.7 Å². The normalized spacial score (nSPS) is 12.2. The van der Waals surface area contributed by atoms with Gasteiger partial charge in [0.1, 0.15) is 0 Å². The van der Waals surface area contributed by atoms with Gasteiger partial charge in [-0.1, -0.05) is 46.8 Å². The van der Waals surface area contributed by atoms with Gasteiger partial charge < -0.3 is 4.74 Å². The maximum Gasteiger partial charge on any atom is 0.212 e. The Bertz CT molecular complexity index is 583. The zero-order valence-corrected chi connectivity index (χ0v) is 15.9. The van der Waals surface area contributed by atoms with Crippen molar-refractivity contribution in [2.24, 2.45) is 0 Å². The first kappa shape index (κ1) is 18.4. The molecule has 3 nitrogen and oxygen atoms in total. The number of hydrogen-bond donors (Lipinski definition) is 0. The summed E-state index contributed by atoms with van der Waals surface area (Å²) in [5.74, 6) is 0.664. The van der Waals surface area contributed by atoms with Crippen LogP contribution in [0.2, 0.25) is 0 Å². The molecular weight excluding hydrogens is 296 g/mol. The molecule has 0 aliphatic heterocycles. The van der Waals surface area contributed by atoms with Crippen LogP contribution < -0.4 is 4.74 Å². The van der Waals surface area contributed by atoms with Crippen LogP contribution in [0.3, 0.4) is 0 Å². The van der Waals surface area contributed by atoms with E-state index < -0.39 is 0 Å². The van der Waals surface area contributed by atoms with Gasteiger partial charge in [0.25, 0.3) is 0 Å². The monoisotopic (exact) mass is 326 g/mol. The summed E-state index contributed by atoms with van der Waals surface area (Å²) in [5.41, 5.74) is 3.89. The van der Waals surface area contributed by atoms with E-state index in [1.54, 1.807) is 7.11 Å². The molecule has 2 aromatic heterocycles. The van der Waals surface area contributed by atoms with Gasteiger partial charge in [0.05, 0.1) is 7.11 Å². The van der Waals surface area contributed by atoms with Crippen LogP contribution in [0.5, 0.6) is 5.88 Å². The van der Waals surface area contributed by atoms with Gasteiger partial charge in [0.15, 0.2) is 0 Å². The summed E-state index contributed by atoms with van der Waals surface area (Å²) in [4.78, 5) is 8.91. The second kappa shape index (κ2) is 7.33. The zero-order valence-electron chi connectivity index (χ0n) is 15.9. The number of pyridine rings is 2.